The van der Waals surface area contributed by atoms with Crippen molar-refractivity contribution in [1.29, 1.82) is 0 Å². The van der Waals surface area contributed by atoms with Gasteiger partial charge in [-0.15, -0.1) is 0 Å². The molecule has 0 amide bonds. The Bertz CT molecular complexity index is 2220. The zero-order chi connectivity index (χ0) is 28.0. The number of benzene rings is 6. The summed E-state index contributed by atoms with van der Waals surface area (Å²) < 4.78 is 49.8. The minimum Gasteiger partial charge on any atom is -0.456 e. The molecule has 0 unspecified atom stereocenters. The van der Waals surface area contributed by atoms with E-state index in [1.165, 1.54) is 0 Å². The Kier molecular flexibility index (Phi) is 3.10. The quantitative estimate of drug-likeness (QED) is 0.248. The molecular weight excluding hydrogens is 438 g/mol. The predicted octanol–water partition coefficient (Wildman–Crippen LogP) is 9.38. The number of nitrogens with zero attached hydrogens (tertiary/aromatic N) is 1. The van der Waals surface area contributed by atoms with E-state index >= 15 is 0 Å². The normalized spacial score (nSPS) is 14.1. The van der Waals surface area contributed by atoms with Crippen molar-refractivity contribution in [3.8, 4) is 39.4 Å². The summed E-state index contributed by atoms with van der Waals surface area (Å²) >= 11 is 0. The highest BCUT2D eigenvalue weighted by Gasteiger charge is 2.20. The van der Waals surface area contributed by atoms with Crippen LogP contribution in [0.4, 0.5) is 0 Å². The lowest BCUT2D eigenvalue weighted by atomic mass is 9.92. The van der Waals surface area contributed by atoms with E-state index in [4.69, 9.17) is 11.6 Å². The molecule has 36 heavy (non-hydrogen) atoms. The Morgan fingerprint density at radius 1 is 0.583 bits per heavy atom. The molecule has 7 aromatic rings. The first-order valence-electron chi connectivity index (χ1n) is 14.4. The second-order valence-corrected chi connectivity index (χ2v) is 9.03. The number of fused-ring (bicyclic) bond motifs is 5. The molecule has 0 saturated carbocycles. The molecule has 2 nitrogen and oxygen atoms in total. The summed E-state index contributed by atoms with van der Waals surface area (Å²) in [6.07, 6.45) is 0. The molecule has 0 saturated heterocycles. The van der Waals surface area contributed by atoms with Crippen LogP contribution in [0.15, 0.2) is 127 Å². The van der Waals surface area contributed by atoms with Crippen LogP contribution < -0.4 is 4.74 Å². The van der Waals surface area contributed by atoms with Gasteiger partial charge in [-0.1, -0.05) is 78.8 Å². The fourth-order valence-electron chi connectivity index (χ4n) is 5.49. The predicted molar refractivity (Wildman–Crippen MR) is 149 cm³/mol. The maximum atomic E-state index is 8.62. The van der Waals surface area contributed by atoms with Gasteiger partial charge in [0.2, 0.25) is 0 Å². The van der Waals surface area contributed by atoms with Crippen molar-refractivity contribution in [1.82, 2.24) is 4.57 Å². The van der Waals surface area contributed by atoms with E-state index in [0.29, 0.717) is 0 Å². The SMILES string of the molecule is [2H]c1c([2H])c([2H])c(-n2c3ccccc3c3cc(-c4ccc5c(c4)-c4cccc6cccc(c46)O5)ccc32)c([2H])c1[2H]. The summed E-state index contributed by atoms with van der Waals surface area (Å²) in [4.78, 5) is 0. The number of aromatic nitrogens is 1. The maximum absolute atomic E-state index is 8.62. The highest BCUT2D eigenvalue weighted by Crippen LogP contribution is 2.47. The molecule has 0 spiro atoms. The van der Waals surface area contributed by atoms with E-state index in [2.05, 4.69) is 42.5 Å². The van der Waals surface area contributed by atoms with Gasteiger partial charge in [0.05, 0.1) is 17.9 Å². The third-order valence-electron chi connectivity index (χ3n) is 7.07. The molecule has 168 valence electrons. The van der Waals surface area contributed by atoms with Gasteiger partial charge in [0.25, 0.3) is 0 Å². The van der Waals surface area contributed by atoms with E-state index in [1.54, 1.807) is 4.57 Å². The van der Waals surface area contributed by atoms with Crippen LogP contribution >= 0.6 is 0 Å². The van der Waals surface area contributed by atoms with E-state index in [1.807, 2.05) is 54.6 Å². The molecule has 0 N–H and O–H groups in total. The van der Waals surface area contributed by atoms with Gasteiger partial charge in [0.15, 0.2) is 0 Å². The first-order chi connectivity index (χ1) is 19.9. The smallest absolute Gasteiger partial charge is 0.135 e. The summed E-state index contributed by atoms with van der Waals surface area (Å²) in [7, 11) is 0. The standard InChI is InChI=1S/C34H21NO/c1-2-10-25(11-3-1)35-30-14-5-4-12-26(30)28-20-23(16-18-31(28)35)24-17-19-32-29(21-24)27-13-6-8-22-9-7-15-33(36-32)34(22)27/h1-21H/i1D,2D,3D,10D,11D. The molecule has 0 aliphatic carbocycles. The van der Waals surface area contributed by atoms with Crippen LogP contribution in [0, 0.1) is 0 Å². The van der Waals surface area contributed by atoms with Gasteiger partial charge in [-0.3, -0.25) is 0 Å². The van der Waals surface area contributed by atoms with Gasteiger partial charge < -0.3 is 9.30 Å². The van der Waals surface area contributed by atoms with Gasteiger partial charge in [0, 0.05) is 27.4 Å². The van der Waals surface area contributed by atoms with E-state index in [9.17, 15) is 0 Å². The second-order valence-electron chi connectivity index (χ2n) is 9.03. The fraction of sp³-hybridized carbons (Fsp3) is 0. The minimum atomic E-state index is -0.401. The molecule has 0 fully saturated rings. The summed E-state index contributed by atoms with van der Waals surface area (Å²) in [5, 5.41) is 4.12. The molecule has 0 atom stereocenters. The van der Waals surface area contributed by atoms with Gasteiger partial charge >= 0.3 is 0 Å². The molecule has 1 aliphatic heterocycles. The van der Waals surface area contributed by atoms with E-state index in [-0.39, 0.29) is 29.9 Å². The van der Waals surface area contributed by atoms with Gasteiger partial charge in [-0.2, -0.15) is 0 Å². The van der Waals surface area contributed by atoms with E-state index in [0.717, 1.165) is 66.3 Å². The Balaban J connectivity index is 1.36. The first-order valence-corrected chi connectivity index (χ1v) is 11.9. The zero-order valence-corrected chi connectivity index (χ0v) is 19.1. The Morgan fingerprint density at radius 2 is 1.36 bits per heavy atom. The molecule has 0 bridgehead atoms. The van der Waals surface area contributed by atoms with Crippen LogP contribution in [0.3, 0.4) is 0 Å². The lowest BCUT2D eigenvalue weighted by molar-refractivity contribution is 0.487. The lowest BCUT2D eigenvalue weighted by Gasteiger charge is -2.22. The molecule has 2 heteroatoms. The van der Waals surface area contributed by atoms with Crippen molar-refractivity contribution >= 4 is 32.6 Å². The highest BCUT2D eigenvalue weighted by molar-refractivity contribution is 6.11. The third-order valence-corrected chi connectivity index (χ3v) is 7.07. The van der Waals surface area contributed by atoms with Crippen LogP contribution in [0.5, 0.6) is 11.5 Å². The van der Waals surface area contributed by atoms with Crippen molar-refractivity contribution in [2.24, 2.45) is 0 Å². The molecule has 1 aliphatic rings. The molecule has 1 aromatic heterocycles. The average molecular weight is 465 g/mol. The average Bonchev–Trinajstić information content (AvgIpc) is 3.33. The molecule has 2 heterocycles. The highest BCUT2D eigenvalue weighted by atomic mass is 16.5. The maximum Gasteiger partial charge on any atom is 0.135 e. The number of ether oxygens (including phenoxy) is 1. The topological polar surface area (TPSA) is 14.2 Å². The Labute approximate surface area is 215 Å². The number of hydrogen-bond acceptors (Lipinski definition) is 1. The van der Waals surface area contributed by atoms with Crippen LogP contribution in [-0.2, 0) is 0 Å². The largest absolute Gasteiger partial charge is 0.456 e. The van der Waals surface area contributed by atoms with Crippen molar-refractivity contribution in [2.45, 2.75) is 0 Å². The Hall–Kier alpha value is -4.82. The fourth-order valence-corrected chi connectivity index (χ4v) is 5.49. The monoisotopic (exact) mass is 464 g/mol. The third kappa shape index (κ3) is 2.73. The first kappa shape index (κ1) is 15.2. The van der Waals surface area contributed by atoms with Gasteiger partial charge in [-0.25, -0.2) is 0 Å². The van der Waals surface area contributed by atoms with Gasteiger partial charge in [-0.05, 0) is 70.6 Å². The zero-order valence-electron chi connectivity index (χ0n) is 24.1. The van der Waals surface area contributed by atoms with Crippen molar-refractivity contribution in [2.75, 3.05) is 0 Å². The van der Waals surface area contributed by atoms with Crippen LogP contribution in [0.2, 0.25) is 0 Å². The second kappa shape index (κ2) is 7.34. The molecule has 0 radical (unpaired) electrons. The number of rotatable bonds is 2. The number of para-hydroxylation sites is 2. The summed E-state index contributed by atoms with van der Waals surface area (Å²) in [6, 6.07) is 31.0. The summed E-state index contributed by atoms with van der Waals surface area (Å²) in [5.41, 5.74) is 5.91. The van der Waals surface area contributed by atoms with Crippen molar-refractivity contribution in [3.63, 3.8) is 0 Å². The molecular formula is C34H21NO. The van der Waals surface area contributed by atoms with Crippen molar-refractivity contribution in [3.05, 3.63) is 127 Å². The molecule has 8 rings (SSSR count). The lowest BCUT2D eigenvalue weighted by Crippen LogP contribution is -1.97. The van der Waals surface area contributed by atoms with Crippen LogP contribution in [0.1, 0.15) is 6.85 Å². The summed E-state index contributed by atoms with van der Waals surface area (Å²) in [6.45, 7) is 0. The Morgan fingerprint density at radius 3 is 2.28 bits per heavy atom. The summed E-state index contributed by atoms with van der Waals surface area (Å²) in [5.74, 6) is 1.68. The minimum absolute atomic E-state index is 0.146. The van der Waals surface area contributed by atoms with E-state index < -0.39 is 6.04 Å². The van der Waals surface area contributed by atoms with Crippen LogP contribution in [-0.4, -0.2) is 4.57 Å². The number of hydrogen-bond donors (Lipinski definition) is 0. The molecule has 6 aromatic carbocycles. The van der Waals surface area contributed by atoms with Crippen LogP contribution in [0.25, 0.3) is 60.5 Å². The van der Waals surface area contributed by atoms with Crippen molar-refractivity contribution < 1.29 is 11.6 Å². The van der Waals surface area contributed by atoms with Gasteiger partial charge in [0.1, 0.15) is 11.5 Å².